The molecule has 1 aliphatic carbocycles. The Balaban J connectivity index is 2.02. The summed E-state index contributed by atoms with van der Waals surface area (Å²) in [5, 5.41) is 0. The molecular formula is C17H18O. The number of ether oxygens (including phenoxy) is 1. The average molecular weight is 238 g/mol. The normalized spacial score (nSPS) is 18.2. The number of hydrogen-bond acceptors (Lipinski definition) is 1. The molecule has 1 aliphatic rings. The molecule has 0 aromatic heterocycles. The first kappa shape index (κ1) is 11.3. The van der Waals surface area contributed by atoms with E-state index in [0.29, 0.717) is 5.92 Å². The summed E-state index contributed by atoms with van der Waals surface area (Å²) in [6.45, 7) is 0. The molecule has 2 aromatic rings. The average Bonchev–Trinajstić information content (AvgIpc) is 2.47. The van der Waals surface area contributed by atoms with Crippen LogP contribution in [0.3, 0.4) is 0 Å². The number of fused-ring (bicyclic) bond motifs is 1. The zero-order valence-corrected chi connectivity index (χ0v) is 10.7. The number of hydrogen-bond donors (Lipinski definition) is 0. The third kappa shape index (κ3) is 2.01. The molecule has 0 amide bonds. The summed E-state index contributed by atoms with van der Waals surface area (Å²) in [6.07, 6.45) is 3.69. The maximum absolute atomic E-state index is 5.32. The minimum atomic E-state index is 0.556. The zero-order chi connectivity index (χ0) is 12.4. The van der Waals surface area contributed by atoms with Gasteiger partial charge in [0.1, 0.15) is 5.75 Å². The Morgan fingerprint density at radius 3 is 2.67 bits per heavy atom. The van der Waals surface area contributed by atoms with Crippen LogP contribution < -0.4 is 4.74 Å². The van der Waals surface area contributed by atoms with Gasteiger partial charge in [-0.05, 0) is 48.1 Å². The summed E-state index contributed by atoms with van der Waals surface area (Å²) < 4.78 is 5.32. The van der Waals surface area contributed by atoms with Crippen LogP contribution in [-0.4, -0.2) is 7.11 Å². The van der Waals surface area contributed by atoms with Gasteiger partial charge in [-0.2, -0.15) is 0 Å². The number of aryl methyl sites for hydroxylation is 1. The van der Waals surface area contributed by atoms with Crippen LogP contribution >= 0.6 is 0 Å². The highest BCUT2D eigenvalue weighted by atomic mass is 16.5. The molecule has 0 saturated heterocycles. The molecule has 1 atom stereocenters. The molecule has 1 unspecified atom stereocenters. The van der Waals surface area contributed by atoms with Crippen LogP contribution in [0.5, 0.6) is 5.75 Å². The summed E-state index contributed by atoms with van der Waals surface area (Å²) in [5.41, 5.74) is 4.37. The van der Waals surface area contributed by atoms with Crippen LogP contribution in [-0.2, 0) is 6.42 Å². The summed E-state index contributed by atoms with van der Waals surface area (Å²) in [4.78, 5) is 0. The Morgan fingerprint density at radius 2 is 1.89 bits per heavy atom. The maximum Gasteiger partial charge on any atom is 0.119 e. The van der Waals surface area contributed by atoms with Gasteiger partial charge in [-0.25, -0.2) is 0 Å². The minimum absolute atomic E-state index is 0.556. The molecule has 0 N–H and O–H groups in total. The number of benzene rings is 2. The van der Waals surface area contributed by atoms with E-state index in [1.165, 1.54) is 36.0 Å². The topological polar surface area (TPSA) is 9.23 Å². The summed E-state index contributed by atoms with van der Waals surface area (Å²) in [6, 6.07) is 17.4. The highest BCUT2D eigenvalue weighted by Gasteiger charge is 2.21. The second-order valence-electron chi connectivity index (χ2n) is 4.92. The van der Waals surface area contributed by atoms with E-state index in [1.54, 1.807) is 7.11 Å². The van der Waals surface area contributed by atoms with Crippen molar-refractivity contribution in [1.29, 1.82) is 0 Å². The Bertz CT molecular complexity index is 531. The molecule has 0 aliphatic heterocycles. The Hall–Kier alpha value is -1.76. The molecule has 0 heterocycles. The van der Waals surface area contributed by atoms with Gasteiger partial charge in [0.25, 0.3) is 0 Å². The van der Waals surface area contributed by atoms with Crippen molar-refractivity contribution in [1.82, 2.24) is 0 Å². The fourth-order valence-electron chi connectivity index (χ4n) is 2.95. The fraction of sp³-hybridized carbons (Fsp3) is 0.294. The van der Waals surface area contributed by atoms with Gasteiger partial charge < -0.3 is 4.74 Å². The lowest BCUT2D eigenvalue weighted by Gasteiger charge is -2.26. The van der Waals surface area contributed by atoms with E-state index >= 15 is 0 Å². The largest absolute Gasteiger partial charge is 0.497 e. The van der Waals surface area contributed by atoms with Crippen molar-refractivity contribution >= 4 is 0 Å². The maximum atomic E-state index is 5.32. The van der Waals surface area contributed by atoms with Crippen LogP contribution in [0.4, 0.5) is 0 Å². The molecule has 92 valence electrons. The van der Waals surface area contributed by atoms with E-state index in [4.69, 9.17) is 4.74 Å². The second kappa shape index (κ2) is 4.85. The van der Waals surface area contributed by atoms with Crippen molar-refractivity contribution < 1.29 is 4.74 Å². The molecule has 18 heavy (non-hydrogen) atoms. The lowest BCUT2D eigenvalue weighted by Crippen LogP contribution is -2.11. The quantitative estimate of drug-likeness (QED) is 0.763. The van der Waals surface area contributed by atoms with Gasteiger partial charge >= 0.3 is 0 Å². The Labute approximate surface area is 108 Å². The van der Waals surface area contributed by atoms with Crippen molar-refractivity contribution in [2.75, 3.05) is 7.11 Å². The van der Waals surface area contributed by atoms with Crippen molar-refractivity contribution in [3.05, 3.63) is 65.2 Å². The van der Waals surface area contributed by atoms with Crippen molar-refractivity contribution in [3.63, 3.8) is 0 Å². The van der Waals surface area contributed by atoms with Gasteiger partial charge in [0.05, 0.1) is 7.11 Å². The molecule has 1 heteroatoms. The molecule has 0 spiro atoms. The van der Waals surface area contributed by atoms with E-state index in [1.807, 2.05) is 0 Å². The van der Waals surface area contributed by atoms with E-state index < -0.39 is 0 Å². The molecule has 0 fully saturated rings. The fourth-order valence-corrected chi connectivity index (χ4v) is 2.95. The van der Waals surface area contributed by atoms with Gasteiger partial charge in [-0.15, -0.1) is 0 Å². The van der Waals surface area contributed by atoms with Gasteiger partial charge in [0, 0.05) is 5.92 Å². The third-order valence-corrected chi connectivity index (χ3v) is 3.87. The second-order valence-corrected chi connectivity index (χ2v) is 4.92. The Kier molecular flexibility index (Phi) is 3.06. The Morgan fingerprint density at radius 1 is 1.06 bits per heavy atom. The molecule has 3 rings (SSSR count). The van der Waals surface area contributed by atoms with Gasteiger partial charge in [0.2, 0.25) is 0 Å². The SMILES string of the molecule is COc1ccc2c(c1)CCCC2c1ccccc1. The summed E-state index contributed by atoms with van der Waals surface area (Å²) in [5.74, 6) is 1.53. The summed E-state index contributed by atoms with van der Waals surface area (Å²) >= 11 is 0. The highest BCUT2D eigenvalue weighted by molar-refractivity contribution is 5.43. The van der Waals surface area contributed by atoms with Crippen LogP contribution in [0, 0.1) is 0 Å². The van der Waals surface area contributed by atoms with Crippen LogP contribution in [0.1, 0.15) is 35.4 Å². The van der Waals surface area contributed by atoms with Gasteiger partial charge in [-0.1, -0.05) is 36.4 Å². The van der Waals surface area contributed by atoms with Crippen LogP contribution in [0.25, 0.3) is 0 Å². The molecule has 0 bridgehead atoms. The molecule has 0 radical (unpaired) electrons. The van der Waals surface area contributed by atoms with Crippen LogP contribution in [0.2, 0.25) is 0 Å². The zero-order valence-electron chi connectivity index (χ0n) is 10.7. The van der Waals surface area contributed by atoms with Crippen molar-refractivity contribution in [3.8, 4) is 5.75 Å². The first-order valence-corrected chi connectivity index (χ1v) is 6.60. The lowest BCUT2D eigenvalue weighted by atomic mass is 9.79. The predicted octanol–water partition coefficient (Wildman–Crippen LogP) is 4.16. The van der Waals surface area contributed by atoms with Crippen LogP contribution in [0.15, 0.2) is 48.5 Å². The van der Waals surface area contributed by atoms with E-state index in [9.17, 15) is 0 Å². The van der Waals surface area contributed by atoms with Gasteiger partial charge in [0.15, 0.2) is 0 Å². The van der Waals surface area contributed by atoms with E-state index in [0.717, 1.165) is 5.75 Å². The predicted molar refractivity (Wildman–Crippen MR) is 74.2 cm³/mol. The first-order valence-electron chi connectivity index (χ1n) is 6.60. The molecular weight excluding hydrogens is 220 g/mol. The van der Waals surface area contributed by atoms with E-state index in [2.05, 4.69) is 48.5 Å². The van der Waals surface area contributed by atoms with Crippen molar-refractivity contribution in [2.24, 2.45) is 0 Å². The number of rotatable bonds is 2. The first-order chi connectivity index (χ1) is 8.88. The minimum Gasteiger partial charge on any atom is -0.497 e. The van der Waals surface area contributed by atoms with Crippen molar-refractivity contribution in [2.45, 2.75) is 25.2 Å². The van der Waals surface area contributed by atoms with E-state index in [-0.39, 0.29) is 0 Å². The monoisotopic (exact) mass is 238 g/mol. The standard InChI is InChI=1S/C17H18O/c1-18-15-10-11-17-14(12-15)8-5-9-16(17)13-6-3-2-4-7-13/h2-4,6-7,10-12,16H,5,8-9H2,1H3. The number of methoxy groups -OCH3 is 1. The summed E-state index contributed by atoms with van der Waals surface area (Å²) in [7, 11) is 1.74. The third-order valence-electron chi connectivity index (χ3n) is 3.87. The molecule has 2 aromatic carbocycles. The highest BCUT2D eigenvalue weighted by Crippen LogP contribution is 2.37. The van der Waals surface area contributed by atoms with Gasteiger partial charge in [-0.3, -0.25) is 0 Å². The lowest BCUT2D eigenvalue weighted by molar-refractivity contribution is 0.413. The smallest absolute Gasteiger partial charge is 0.119 e. The molecule has 1 nitrogen and oxygen atoms in total. The molecule has 0 saturated carbocycles.